The third-order valence-corrected chi connectivity index (χ3v) is 3.32. The highest BCUT2D eigenvalue weighted by atomic mass is 19.1. The lowest BCUT2D eigenvalue weighted by molar-refractivity contribution is 0.544. The molecule has 0 aliphatic rings. The van der Waals surface area contributed by atoms with Gasteiger partial charge in [-0.1, -0.05) is 43.3 Å². The first-order valence-corrected chi connectivity index (χ1v) is 6.52. The Balaban J connectivity index is 2.14. The molecule has 0 heterocycles. The molecular formula is C16H19FN2. The summed E-state index contributed by atoms with van der Waals surface area (Å²) < 4.78 is 13.2. The Morgan fingerprint density at radius 1 is 1.11 bits per heavy atom. The van der Waals surface area contributed by atoms with Crippen molar-refractivity contribution in [2.45, 2.75) is 25.8 Å². The first-order valence-electron chi connectivity index (χ1n) is 6.52. The first-order chi connectivity index (χ1) is 9.22. The molecule has 0 aliphatic carbocycles. The molecule has 3 heteroatoms. The average molecular weight is 258 g/mol. The lowest BCUT2D eigenvalue weighted by atomic mass is 9.98. The molecule has 19 heavy (non-hydrogen) atoms. The van der Waals surface area contributed by atoms with E-state index in [2.05, 4.69) is 36.6 Å². The normalized spacial score (nSPS) is 12.4. The molecule has 0 aromatic heterocycles. The second-order valence-corrected chi connectivity index (χ2v) is 4.65. The van der Waals surface area contributed by atoms with Gasteiger partial charge in [-0.2, -0.15) is 0 Å². The Hall–Kier alpha value is -1.71. The Labute approximate surface area is 113 Å². The predicted molar refractivity (Wildman–Crippen MR) is 76.0 cm³/mol. The van der Waals surface area contributed by atoms with Gasteiger partial charge in [0, 0.05) is 0 Å². The van der Waals surface area contributed by atoms with Gasteiger partial charge in [-0.15, -0.1) is 0 Å². The number of hydrazine groups is 1. The van der Waals surface area contributed by atoms with Crippen molar-refractivity contribution in [1.29, 1.82) is 0 Å². The minimum atomic E-state index is -0.237. The number of aryl methyl sites for hydroxylation is 1. The zero-order valence-electron chi connectivity index (χ0n) is 11.1. The van der Waals surface area contributed by atoms with Crippen molar-refractivity contribution in [2.75, 3.05) is 0 Å². The number of hydrogen-bond acceptors (Lipinski definition) is 2. The number of rotatable bonds is 5. The molecule has 3 N–H and O–H groups in total. The molecule has 100 valence electrons. The van der Waals surface area contributed by atoms with Gasteiger partial charge in [0.25, 0.3) is 0 Å². The molecule has 0 fully saturated rings. The van der Waals surface area contributed by atoms with Crippen LogP contribution in [0, 0.1) is 5.82 Å². The molecule has 0 saturated carbocycles. The standard InChI is InChI=1S/C16H19FN2/c1-2-12-6-8-13(9-7-12)10-16(19-18)14-4-3-5-15(17)11-14/h3-9,11,16,19H,2,10,18H2,1H3. The SMILES string of the molecule is CCc1ccc(CC(NN)c2cccc(F)c2)cc1. The minimum Gasteiger partial charge on any atom is -0.271 e. The van der Waals surface area contributed by atoms with Gasteiger partial charge in [0.1, 0.15) is 5.82 Å². The van der Waals surface area contributed by atoms with Crippen LogP contribution in [0.15, 0.2) is 48.5 Å². The van der Waals surface area contributed by atoms with Gasteiger partial charge in [-0.3, -0.25) is 11.3 Å². The number of nitrogens with two attached hydrogens (primary N) is 1. The van der Waals surface area contributed by atoms with Crippen LogP contribution in [0.25, 0.3) is 0 Å². The highest BCUT2D eigenvalue weighted by molar-refractivity contribution is 5.26. The molecule has 0 amide bonds. The van der Waals surface area contributed by atoms with Crippen LogP contribution < -0.4 is 11.3 Å². The molecule has 0 bridgehead atoms. The fourth-order valence-electron chi connectivity index (χ4n) is 2.14. The molecular weight excluding hydrogens is 239 g/mol. The second kappa shape index (κ2) is 6.45. The van der Waals surface area contributed by atoms with Crippen molar-refractivity contribution in [1.82, 2.24) is 5.43 Å². The smallest absolute Gasteiger partial charge is 0.123 e. The number of halogens is 1. The Bertz CT molecular complexity index is 523. The largest absolute Gasteiger partial charge is 0.271 e. The van der Waals surface area contributed by atoms with Crippen LogP contribution in [0.3, 0.4) is 0 Å². The fourth-order valence-corrected chi connectivity index (χ4v) is 2.14. The maximum atomic E-state index is 13.2. The van der Waals surface area contributed by atoms with E-state index in [0.717, 1.165) is 18.4 Å². The Morgan fingerprint density at radius 2 is 1.79 bits per heavy atom. The zero-order chi connectivity index (χ0) is 13.7. The summed E-state index contributed by atoms with van der Waals surface area (Å²) in [7, 11) is 0. The molecule has 1 unspecified atom stereocenters. The highest BCUT2D eigenvalue weighted by Crippen LogP contribution is 2.19. The van der Waals surface area contributed by atoms with E-state index >= 15 is 0 Å². The van der Waals surface area contributed by atoms with Crippen LogP contribution in [-0.4, -0.2) is 0 Å². The van der Waals surface area contributed by atoms with Gasteiger partial charge < -0.3 is 0 Å². The van der Waals surface area contributed by atoms with Crippen molar-refractivity contribution in [3.05, 3.63) is 71.0 Å². The van der Waals surface area contributed by atoms with Crippen molar-refractivity contribution in [3.63, 3.8) is 0 Å². The van der Waals surface area contributed by atoms with Crippen LogP contribution in [0.4, 0.5) is 4.39 Å². The Kier molecular flexibility index (Phi) is 4.66. The van der Waals surface area contributed by atoms with E-state index in [-0.39, 0.29) is 11.9 Å². The van der Waals surface area contributed by atoms with E-state index in [9.17, 15) is 4.39 Å². The fraction of sp³-hybridized carbons (Fsp3) is 0.250. The summed E-state index contributed by atoms with van der Waals surface area (Å²) in [4.78, 5) is 0. The van der Waals surface area contributed by atoms with E-state index in [1.807, 2.05) is 6.07 Å². The van der Waals surface area contributed by atoms with E-state index < -0.39 is 0 Å². The summed E-state index contributed by atoms with van der Waals surface area (Å²) in [5.74, 6) is 5.35. The third kappa shape index (κ3) is 3.63. The molecule has 2 aromatic rings. The van der Waals surface area contributed by atoms with Crippen LogP contribution >= 0.6 is 0 Å². The maximum Gasteiger partial charge on any atom is 0.123 e. The van der Waals surface area contributed by atoms with Crippen molar-refractivity contribution >= 4 is 0 Å². The summed E-state index contributed by atoms with van der Waals surface area (Å²) in [6.45, 7) is 2.13. The molecule has 0 aliphatic heterocycles. The lowest BCUT2D eigenvalue weighted by Crippen LogP contribution is -2.29. The van der Waals surface area contributed by atoms with Crippen molar-refractivity contribution in [3.8, 4) is 0 Å². The molecule has 2 aromatic carbocycles. The summed E-state index contributed by atoms with van der Waals surface area (Å²) in [5.41, 5.74) is 6.12. The van der Waals surface area contributed by atoms with Gasteiger partial charge in [0.2, 0.25) is 0 Å². The molecule has 0 spiro atoms. The third-order valence-electron chi connectivity index (χ3n) is 3.32. The number of benzene rings is 2. The van der Waals surface area contributed by atoms with Gasteiger partial charge in [0.05, 0.1) is 6.04 Å². The van der Waals surface area contributed by atoms with Crippen LogP contribution in [0.2, 0.25) is 0 Å². The summed E-state index contributed by atoms with van der Waals surface area (Å²) >= 11 is 0. The van der Waals surface area contributed by atoms with Gasteiger partial charge >= 0.3 is 0 Å². The topological polar surface area (TPSA) is 38.0 Å². The van der Waals surface area contributed by atoms with Crippen LogP contribution in [0.5, 0.6) is 0 Å². The first kappa shape index (κ1) is 13.7. The monoisotopic (exact) mass is 258 g/mol. The molecule has 0 radical (unpaired) electrons. The molecule has 0 saturated heterocycles. The number of hydrogen-bond donors (Lipinski definition) is 2. The average Bonchev–Trinajstić information content (AvgIpc) is 2.45. The minimum absolute atomic E-state index is 0.0804. The van der Waals surface area contributed by atoms with E-state index in [1.54, 1.807) is 6.07 Å². The van der Waals surface area contributed by atoms with E-state index in [1.165, 1.54) is 23.3 Å². The maximum absolute atomic E-state index is 13.2. The van der Waals surface area contributed by atoms with Crippen LogP contribution in [0.1, 0.15) is 29.7 Å². The van der Waals surface area contributed by atoms with Gasteiger partial charge in [0.15, 0.2) is 0 Å². The molecule has 2 nitrogen and oxygen atoms in total. The quantitative estimate of drug-likeness (QED) is 0.638. The van der Waals surface area contributed by atoms with Gasteiger partial charge in [-0.05, 0) is 41.7 Å². The number of nitrogens with one attached hydrogen (secondary N) is 1. The highest BCUT2D eigenvalue weighted by Gasteiger charge is 2.11. The second-order valence-electron chi connectivity index (χ2n) is 4.65. The zero-order valence-corrected chi connectivity index (χ0v) is 11.1. The summed E-state index contributed by atoms with van der Waals surface area (Å²) in [6.07, 6.45) is 1.77. The summed E-state index contributed by atoms with van der Waals surface area (Å²) in [5, 5.41) is 0. The van der Waals surface area contributed by atoms with Crippen molar-refractivity contribution in [2.24, 2.45) is 5.84 Å². The van der Waals surface area contributed by atoms with Crippen LogP contribution in [-0.2, 0) is 12.8 Å². The van der Waals surface area contributed by atoms with Gasteiger partial charge in [-0.25, -0.2) is 4.39 Å². The van der Waals surface area contributed by atoms with E-state index in [4.69, 9.17) is 5.84 Å². The van der Waals surface area contributed by atoms with E-state index in [0.29, 0.717) is 0 Å². The predicted octanol–water partition coefficient (Wildman–Crippen LogP) is 3.14. The lowest BCUT2D eigenvalue weighted by Gasteiger charge is -2.16. The Morgan fingerprint density at radius 3 is 2.37 bits per heavy atom. The van der Waals surface area contributed by atoms with Crippen molar-refractivity contribution < 1.29 is 4.39 Å². The summed E-state index contributed by atoms with van der Waals surface area (Å²) in [6, 6.07) is 14.9. The molecule has 2 rings (SSSR count). The molecule has 1 atom stereocenters.